The minimum Gasteiger partial charge on any atom is -0.458 e. The first-order chi connectivity index (χ1) is 8.67. The highest BCUT2D eigenvalue weighted by molar-refractivity contribution is 5.61. The summed E-state index contributed by atoms with van der Waals surface area (Å²) in [5, 5.41) is 0. The second-order valence-electron chi connectivity index (χ2n) is 3.84. The van der Waals surface area contributed by atoms with Gasteiger partial charge in [-0.1, -0.05) is 0 Å². The van der Waals surface area contributed by atoms with Crippen LogP contribution in [0.1, 0.15) is 0 Å². The van der Waals surface area contributed by atoms with Crippen molar-refractivity contribution >= 4 is 6.29 Å². The molecule has 1 aliphatic rings. The van der Waals surface area contributed by atoms with Crippen LogP contribution in [0.5, 0.6) is 5.75 Å². The third-order valence-corrected chi connectivity index (χ3v) is 2.39. The molecule has 0 aliphatic heterocycles. The molecule has 0 radical (unpaired) electrons. The predicted octanol–water partition coefficient (Wildman–Crippen LogP) is 2.32. The molecule has 1 aromatic rings. The van der Waals surface area contributed by atoms with Gasteiger partial charge in [0.1, 0.15) is 23.6 Å². The summed E-state index contributed by atoms with van der Waals surface area (Å²) in [5.41, 5.74) is 6.15. The van der Waals surface area contributed by atoms with Crippen LogP contribution in [-0.2, 0) is 4.79 Å². The Morgan fingerprint density at radius 2 is 1.89 bits per heavy atom. The monoisotopic (exact) mass is 245 g/mol. The number of halogens is 1. The second-order valence-corrected chi connectivity index (χ2v) is 3.84. The molecular formula is C14H12FNO2. The lowest BCUT2D eigenvalue weighted by Crippen LogP contribution is -2.00. The number of ether oxygens (including phenoxy) is 1. The van der Waals surface area contributed by atoms with E-state index in [4.69, 9.17) is 10.5 Å². The van der Waals surface area contributed by atoms with E-state index >= 15 is 0 Å². The molecule has 92 valence electrons. The number of rotatable bonds is 3. The fraction of sp³-hybridized carbons (Fsp3) is 0.0714. The van der Waals surface area contributed by atoms with Crippen molar-refractivity contribution in [3.05, 3.63) is 65.8 Å². The van der Waals surface area contributed by atoms with Crippen molar-refractivity contribution in [2.24, 2.45) is 11.7 Å². The van der Waals surface area contributed by atoms with E-state index in [1.54, 1.807) is 24.3 Å². The fourth-order valence-corrected chi connectivity index (χ4v) is 1.53. The molecule has 4 heteroatoms. The average molecular weight is 245 g/mol. The van der Waals surface area contributed by atoms with Crippen LogP contribution in [0.15, 0.2) is 60.0 Å². The summed E-state index contributed by atoms with van der Waals surface area (Å²) < 4.78 is 18.3. The van der Waals surface area contributed by atoms with Crippen molar-refractivity contribution < 1.29 is 13.9 Å². The van der Waals surface area contributed by atoms with Crippen molar-refractivity contribution in [3.63, 3.8) is 0 Å². The van der Waals surface area contributed by atoms with Gasteiger partial charge >= 0.3 is 0 Å². The molecule has 0 bridgehead atoms. The van der Waals surface area contributed by atoms with Crippen LogP contribution >= 0.6 is 0 Å². The van der Waals surface area contributed by atoms with E-state index in [0.29, 0.717) is 17.2 Å². The molecule has 0 saturated heterocycles. The maximum atomic E-state index is 12.7. The molecule has 18 heavy (non-hydrogen) atoms. The fourth-order valence-electron chi connectivity index (χ4n) is 1.53. The zero-order valence-electron chi connectivity index (χ0n) is 9.55. The quantitative estimate of drug-likeness (QED) is 0.831. The van der Waals surface area contributed by atoms with Crippen molar-refractivity contribution in [1.82, 2.24) is 0 Å². The Balaban J connectivity index is 2.18. The summed E-state index contributed by atoms with van der Waals surface area (Å²) in [5.74, 6) is 0.243. The van der Waals surface area contributed by atoms with Crippen LogP contribution in [0.3, 0.4) is 0 Å². The third-order valence-electron chi connectivity index (χ3n) is 2.39. The molecule has 0 aromatic heterocycles. The zero-order chi connectivity index (χ0) is 13.0. The topological polar surface area (TPSA) is 52.3 Å². The van der Waals surface area contributed by atoms with E-state index in [2.05, 4.69) is 0 Å². The Morgan fingerprint density at radius 1 is 1.17 bits per heavy atom. The Morgan fingerprint density at radius 3 is 2.56 bits per heavy atom. The standard InChI is InChI=1S/C14H12FNO2/c15-11-1-4-13(5-2-11)18-14-6-3-12(16)7-10(8-14)9-17/h1-10H,16H2. The molecule has 0 spiro atoms. The number of aldehydes is 1. The highest BCUT2D eigenvalue weighted by Gasteiger charge is 2.07. The molecule has 2 N–H and O–H groups in total. The van der Waals surface area contributed by atoms with E-state index < -0.39 is 5.92 Å². The summed E-state index contributed by atoms with van der Waals surface area (Å²) in [6, 6.07) is 5.64. The first-order valence-corrected chi connectivity index (χ1v) is 5.43. The normalized spacial score (nSPS) is 18.6. The molecule has 1 aromatic carbocycles. The maximum Gasteiger partial charge on any atom is 0.130 e. The van der Waals surface area contributed by atoms with Gasteiger partial charge in [0.15, 0.2) is 0 Å². The lowest BCUT2D eigenvalue weighted by Gasteiger charge is -2.06. The van der Waals surface area contributed by atoms with Crippen molar-refractivity contribution in [2.45, 2.75) is 0 Å². The van der Waals surface area contributed by atoms with Gasteiger partial charge in [0.25, 0.3) is 0 Å². The summed E-state index contributed by atoms with van der Waals surface area (Å²) in [6.45, 7) is 0. The van der Waals surface area contributed by atoms with Gasteiger partial charge in [-0.3, -0.25) is 0 Å². The summed E-state index contributed by atoms with van der Waals surface area (Å²) in [4.78, 5) is 10.8. The summed E-state index contributed by atoms with van der Waals surface area (Å²) >= 11 is 0. The first kappa shape index (κ1) is 12.1. The predicted molar refractivity (Wildman–Crippen MR) is 66.1 cm³/mol. The highest BCUT2D eigenvalue weighted by Crippen LogP contribution is 2.18. The molecule has 0 heterocycles. The first-order valence-electron chi connectivity index (χ1n) is 5.43. The van der Waals surface area contributed by atoms with Crippen LogP contribution in [-0.4, -0.2) is 6.29 Å². The Bertz CT molecular complexity index is 529. The number of carbonyl (C=O) groups excluding carboxylic acids is 1. The molecule has 0 amide bonds. The third kappa shape index (κ3) is 3.07. The Kier molecular flexibility index (Phi) is 3.57. The van der Waals surface area contributed by atoms with Crippen LogP contribution < -0.4 is 10.5 Å². The molecule has 2 rings (SSSR count). The van der Waals surface area contributed by atoms with Crippen LogP contribution in [0, 0.1) is 11.7 Å². The van der Waals surface area contributed by atoms with Gasteiger partial charge in [-0.05, 0) is 48.6 Å². The number of allylic oxidation sites excluding steroid dienone is 4. The smallest absolute Gasteiger partial charge is 0.130 e. The van der Waals surface area contributed by atoms with Crippen LogP contribution in [0.2, 0.25) is 0 Å². The molecule has 1 unspecified atom stereocenters. The van der Waals surface area contributed by atoms with Gasteiger partial charge < -0.3 is 15.3 Å². The van der Waals surface area contributed by atoms with Gasteiger partial charge in [-0.25, -0.2) is 4.39 Å². The zero-order valence-corrected chi connectivity index (χ0v) is 9.55. The highest BCUT2D eigenvalue weighted by atomic mass is 19.1. The van der Waals surface area contributed by atoms with Crippen molar-refractivity contribution in [1.29, 1.82) is 0 Å². The van der Waals surface area contributed by atoms with E-state index in [9.17, 15) is 9.18 Å². The van der Waals surface area contributed by atoms with E-state index in [1.807, 2.05) is 0 Å². The number of carbonyl (C=O) groups is 1. The average Bonchev–Trinajstić information content (AvgIpc) is 2.54. The van der Waals surface area contributed by atoms with Crippen molar-refractivity contribution in [3.8, 4) is 5.75 Å². The van der Waals surface area contributed by atoms with Gasteiger partial charge in [-0.2, -0.15) is 0 Å². The maximum absolute atomic E-state index is 12.7. The molecule has 3 nitrogen and oxygen atoms in total. The number of hydrogen-bond donors (Lipinski definition) is 1. The molecule has 0 fully saturated rings. The van der Waals surface area contributed by atoms with Crippen LogP contribution in [0.4, 0.5) is 4.39 Å². The van der Waals surface area contributed by atoms with Crippen molar-refractivity contribution in [2.75, 3.05) is 0 Å². The van der Waals surface area contributed by atoms with E-state index in [0.717, 1.165) is 6.29 Å². The Hall–Kier alpha value is -2.36. The van der Waals surface area contributed by atoms with Gasteiger partial charge in [0.2, 0.25) is 0 Å². The summed E-state index contributed by atoms with van der Waals surface area (Å²) in [6.07, 6.45) is 7.36. The second kappa shape index (κ2) is 5.31. The number of hydrogen-bond acceptors (Lipinski definition) is 3. The molecular weight excluding hydrogens is 233 g/mol. The molecule has 1 atom stereocenters. The summed E-state index contributed by atoms with van der Waals surface area (Å²) in [7, 11) is 0. The van der Waals surface area contributed by atoms with Gasteiger partial charge in [0, 0.05) is 5.70 Å². The van der Waals surface area contributed by atoms with Gasteiger partial charge in [-0.15, -0.1) is 0 Å². The lowest BCUT2D eigenvalue weighted by molar-refractivity contribution is -0.108. The van der Waals surface area contributed by atoms with E-state index in [1.165, 1.54) is 24.3 Å². The molecule has 1 aliphatic carbocycles. The number of nitrogens with two attached hydrogens (primary N) is 1. The SMILES string of the molecule is NC1=CC(C=O)C=C(Oc2ccc(F)cc2)C=C1. The Labute approximate surface area is 104 Å². The minimum atomic E-state index is -0.421. The van der Waals surface area contributed by atoms with E-state index in [-0.39, 0.29) is 5.82 Å². The van der Waals surface area contributed by atoms with Gasteiger partial charge in [0.05, 0.1) is 5.92 Å². The van der Waals surface area contributed by atoms with Crippen LogP contribution in [0.25, 0.3) is 0 Å². The molecule has 0 saturated carbocycles. The lowest BCUT2D eigenvalue weighted by atomic mass is 10.1. The number of benzene rings is 1. The largest absolute Gasteiger partial charge is 0.458 e. The minimum absolute atomic E-state index is 0.329.